The van der Waals surface area contributed by atoms with E-state index in [0.29, 0.717) is 29.9 Å². The van der Waals surface area contributed by atoms with Crippen LogP contribution in [0.25, 0.3) is 0 Å². The molecule has 1 aromatic heterocycles. The third kappa shape index (κ3) is 3.64. The van der Waals surface area contributed by atoms with E-state index in [1.807, 2.05) is 6.92 Å². The Labute approximate surface area is 160 Å². The fourth-order valence-corrected chi connectivity index (χ4v) is 5.97. The lowest BCUT2D eigenvalue weighted by molar-refractivity contribution is -0.0431. The molecule has 146 valence electrons. The first kappa shape index (κ1) is 18.2. The van der Waals surface area contributed by atoms with E-state index in [2.05, 4.69) is 25.9 Å². The van der Waals surface area contributed by atoms with Gasteiger partial charge in [-0.25, -0.2) is 14.8 Å². The summed E-state index contributed by atoms with van der Waals surface area (Å²) in [5.41, 5.74) is -0.0181. The van der Waals surface area contributed by atoms with Crippen molar-refractivity contribution in [3.63, 3.8) is 0 Å². The zero-order valence-corrected chi connectivity index (χ0v) is 16.2. The monoisotopic (exact) mass is 371 g/mol. The molecule has 0 spiro atoms. The van der Waals surface area contributed by atoms with Gasteiger partial charge in [0.2, 0.25) is 0 Å². The van der Waals surface area contributed by atoms with Crippen molar-refractivity contribution < 1.29 is 9.59 Å². The Balaban J connectivity index is 1.51. The fraction of sp³-hybridized carbons (Fsp3) is 0.700. The second-order valence-electron chi connectivity index (χ2n) is 8.85. The summed E-state index contributed by atoms with van der Waals surface area (Å²) in [7, 11) is 0. The molecule has 0 radical (unpaired) electrons. The summed E-state index contributed by atoms with van der Waals surface area (Å²) >= 11 is 0. The molecule has 4 aliphatic carbocycles. The average Bonchev–Trinajstić information content (AvgIpc) is 2.58. The molecule has 1 aromatic rings. The van der Waals surface area contributed by atoms with Crippen LogP contribution >= 0.6 is 0 Å². The fourth-order valence-electron chi connectivity index (χ4n) is 5.97. The van der Waals surface area contributed by atoms with Crippen molar-refractivity contribution in [2.24, 2.45) is 11.8 Å². The van der Waals surface area contributed by atoms with Gasteiger partial charge in [0, 0.05) is 23.8 Å². The van der Waals surface area contributed by atoms with Crippen molar-refractivity contribution >= 4 is 11.9 Å². The number of hydrogen-bond acceptors (Lipinski definition) is 4. The van der Waals surface area contributed by atoms with Crippen molar-refractivity contribution in [1.29, 1.82) is 0 Å². The van der Waals surface area contributed by atoms with Crippen LogP contribution in [0, 0.1) is 18.8 Å². The minimum absolute atomic E-state index is 0.0771. The van der Waals surface area contributed by atoms with Crippen LogP contribution in [0.15, 0.2) is 12.3 Å². The number of aromatic nitrogens is 2. The molecule has 27 heavy (non-hydrogen) atoms. The van der Waals surface area contributed by atoms with Crippen LogP contribution in [0.1, 0.15) is 68.2 Å². The maximum Gasteiger partial charge on any atom is 0.315 e. The number of carbonyl (C=O) groups excluding carboxylic acids is 2. The SMILES string of the molecule is CCCNC(=O)NC12CC3CC(C1)CC(NC(=O)c1ccnc(C)n1)(C3)C2. The lowest BCUT2D eigenvalue weighted by Gasteiger charge is -2.62. The van der Waals surface area contributed by atoms with Gasteiger partial charge in [-0.05, 0) is 69.8 Å². The molecule has 4 bridgehead atoms. The third-order valence-electron chi connectivity index (χ3n) is 6.36. The van der Waals surface area contributed by atoms with E-state index in [4.69, 9.17) is 0 Å². The minimum Gasteiger partial charge on any atom is -0.345 e. The minimum atomic E-state index is -0.238. The molecule has 0 aromatic carbocycles. The highest BCUT2D eigenvalue weighted by atomic mass is 16.2. The van der Waals surface area contributed by atoms with Gasteiger partial charge in [0.1, 0.15) is 11.5 Å². The number of carbonyl (C=O) groups is 2. The van der Waals surface area contributed by atoms with Gasteiger partial charge < -0.3 is 16.0 Å². The van der Waals surface area contributed by atoms with Crippen LogP contribution in [0.4, 0.5) is 4.79 Å². The number of amides is 3. The lowest BCUT2D eigenvalue weighted by Crippen LogP contribution is -2.70. The first-order chi connectivity index (χ1) is 12.9. The van der Waals surface area contributed by atoms with Crippen molar-refractivity contribution in [3.05, 3.63) is 23.8 Å². The van der Waals surface area contributed by atoms with E-state index in [1.165, 1.54) is 6.42 Å². The molecule has 0 saturated heterocycles. The van der Waals surface area contributed by atoms with E-state index in [-0.39, 0.29) is 23.0 Å². The number of nitrogens with zero attached hydrogens (tertiary/aromatic N) is 2. The first-order valence-corrected chi connectivity index (χ1v) is 10.1. The van der Waals surface area contributed by atoms with Gasteiger partial charge in [0.15, 0.2) is 0 Å². The summed E-state index contributed by atoms with van der Waals surface area (Å²) in [5.74, 6) is 1.59. The number of aryl methyl sites for hydroxylation is 1. The van der Waals surface area contributed by atoms with Crippen LogP contribution < -0.4 is 16.0 Å². The molecule has 2 unspecified atom stereocenters. The third-order valence-corrected chi connectivity index (χ3v) is 6.36. The summed E-state index contributed by atoms with van der Waals surface area (Å²) in [5, 5.41) is 9.53. The zero-order valence-electron chi connectivity index (χ0n) is 16.2. The van der Waals surface area contributed by atoms with E-state index in [9.17, 15) is 9.59 Å². The largest absolute Gasteiger partial charge is 0.345 e. The van der Waals surface area contributed by atoms with Crippen molar-refractivity contribution in [2.45, 2.75) is 69.9 Å². The van der Waals surface area contributed by atoms with Gasteiger partial charge >= 0.3 is 6.03 Å². The quantitative estimate of drug-likeness (QED) is 0.740. The molecule has 4 fully saturated rings. The maximum absolute atomic E-state index is 12.8. The normalized spacial score (nSPS) is 33.6. The number of hydrogen-bond donors (Lipinski definition) is 3. The van der Waals surface area contributed by atoms with Gasteiger partial charge in [-0.2, -0.15) is 0 Å². The zero-order chi connectivity index (χ0) is 19.1. The van der Waals surface area contributed by atoms with Crippen LogP contribution in [-0.4, -0.2) is 39.5 Å². The van der Waals surface area contributed by atoms with Crippen LogP contribution in [0.5, 0.6) is 0 Å². The Hall–Kier alpha value is -2.18. The molecule has 3 amide bonds. The Bertz CT molecular complexity index is 736. The van der Waals surface area contributed by atoms with Crippen LogP contribution in [0.3, 0.4) is 0 Å². The molecule has 4 aliphatic rings. The van der Waals surface area contributed by atoms with Crippen molar-refractivity contribution in [3.8, 4) is 0 Å². The molecular formula is C20H29N5O2. The smallest absolute Gasteiger partial charge is 0.315 e. The molecular weight excluding hydrogens is 342 g/mol. The molecule has 3 N–H and O–H groups in total. The second-order valence-corrected chi connectivity index (χ2v) is 8.85. The highest BCUT2D eigenvalue weighted by molar-refractivity contribution is 5.92. The molecule has 7 nitrogen and oxygen atoms in total. The highest BCUT2D eigenvalue weighted by Crippen LogP contribution is 2.57. The first-order valence-electron chi connectivity index (χ1n) is 10.1. The summed E-state index contributed by atoms with van der Waals surface area (Å²) in [6, 6.07) is 1.58. The van der Waals surface area contributed by atoms with Crippen LogP contribution in [0.2, 0.25) is 0 Å². The Kier molecular flexibility index (Phi) is 4.56. The summed E-state index contributed by atoms with van der Waals surface area (Å²) in [4.78, 5) is 33.5. The molecule has 4 saturated carbocycles. The number of rotatable bonds is 5. The maximum atomic E-state index is 12.8. The predicted octanol–water partition coefficient (Wildman–Crippen LogP) is 2.32. The van der Waals surface area contributed by atoms with Crippen molar-refractivity contribution in [1.82, 2.24) is 25.9 Å². The van der Waals surface area contributed by atoms with E-state index >= 15 is 0 Å². The topological polar surface area (TPSA) is 96.0 Å². The van der Waals surface area contributed by atoms with Crippen molar-refractivity contribution in [2.75, 3.05) is 6.54 Å². The molecule has 2 atom stereocenters. The summed E-state index contributed by atoms with van der Waals surface area (Å²) in [6.07, 6.45) is 8.61. The second kappa shape index (κ2) is 6.77. The Morgan fingerprint density at radius 2 is 1.81 bits per heavy atom. The number of urea groups is 1. The molecule has 0 aliphatic heterocycles. The van der Waals surface area contributed by atoms with Crippen LogP contribution in [-0.2, 0) is 0 Å². The lowest BCUT2D eigenvalue weighted by atomic mass is 9.50. The highest BCUT2D eigenvalue weighted by Gasteiger charge is 2.58. The molecule has 1 heterocycles. The van der Waals surface area contributed by atoms with E-state index in [1.54, 1.807) is 19.2 Å². The van der Waals surface area contributed by atoms with Gasteiger partial charge in [-0.3, -0.25) is 4.79 Å². The molecule has 7 heteroatoms. The van der Waals surface area contributed by atoms with E-state index < -0.39 is 0 Å². The van der Waals surface area contributed by atoms with Gasteiger partial charge in [0.25, 0.3) is 5.91 Å². The molecule has 5 rings (SSSR count). The average molecular weight is 371 g/mol. The van der Waals surface area contributed by atoms with E-state index in [0.717, 1.165) is 38.5 Å². The summed E-state index contributed by atoms with van der Waals surface area (Å²) < 4.78 is 0. The number of nitrogens with one attached hydrogen (secondary N) is 3. The standard InChI is InChI=1S/C20H29N5O2/c1-3-5-22-18(27)25-20-10-14-7-15(11-20)9-19(8-14,12-20)24-17(26)16-4-6-21-13(2)23-16/h4,6,14-15H,3,5,7-12H2,1-2H3,(H,24,26)(H2,22,25,27). The summed E-state index contributed by atoms with van der Waals surface area (Å²) in [6.45, 7) is 4.52. The van der Waals surface area contributed by atoms with Gasteiger partial charge in [0.05, 0.1) is 0 Å². The van der Waals surface area contributed by atoms with Gasteiger partial charge in [-0.1, -0.05) is 6.92 Å². The predicted molar refractivity (Wildman–Crippen MR) is 101 cm³/mol. The van der Waals surface area contributed by atoms with Gasteiger partial charge in [-0.15, -0.1) is 0 Å². The Morgan fingerprint density at radius 3 is 2.44 bits per heavy atom. The Morgan fingerprint density at radius 1 is 1.15 bits per heavy atom.